The molecule has 1 aliphatic heterocycles. The van der Waals surface area contributed by atoms with Gasteiger partial charge in [-0.25, -0.2) is 4.98 Å². The molecule has 2 aromatic rings. The summed E-state index contributed by atoms with van der Waals surface area (Å²) < 4.78 is 11.5. The molecule has 0 unspecified atom stereocenters. The van der Waals surface area contributed by atoms with E-state index in [2.05, 4.69) is 55.8 Å². The van der Waals surface area contributed by atoms with Crippen LogP contribution in [0.15, 0.2) is 28.9 Å². The van der Waals surface area contributed by atoms with Gasteiger partial charge in [-0.05, 0) is 39.3 Å². The lowest BCUT2D eigenvalue weighted by molar-refractivity contribution is -0.0707. The van der Waals surface area contributed by atoms with Gasteiger partial charge in [0.25, 0.3) is 0 Å². The fraction of sp³-hybridized carbons (Fsp3) is 0.500. The molecule has 0 N–H and O–H groups in total. The zero-order valence-corrected chi connectivity index (χ0v) is 13.8. The first-order valence-corrected chi connectivity index (χ1v) is 7.91. The molecule has 4 heteroatoms. The molecule has 1 aromatic heterocycles. The Morgan fingerprint density at radius 2 is 1.91 bits per heavy atom. The predicted octanol–water partition coefficient (Wildman–Crippen LogP) is 3.57. The average Bonchev–Trinajstić information content (AvgIpc) is 2.85. The number of aryl methyl sites for hydroxylation is 2. The zero-order chi connectivity index (χ0) is 15.7. The van der Waals surface area contributed by atoms with Crippen molar-refractivity contribution in [3.63, 3.8) is 0 Å². The maximum atomic E-state index is 5.77. The van der Waals surface area contributed by atoms with E-state index in [4.69, 9.17) is 9.15 Å². The Hall–Kier alpha value is -1.65. The van der Waals surface area contributed by atoms with Gasteiger partial charge in [0.05, 0.1) is 17.9 Å². The van der Waals surface area contributed by atoms with Crippen molar-refractivity contribution < 1.29 is 9.15 Å². The third-order valence-electron chi connectivity index (χ3n) is 4.04. The molecule has 1 aliphatic rings. The van der Waals surface area contributed by atoms with E-state index in [0.29, 0.717) is 5.89 Å². The van der Waals surface area contributed by atoms with E-state index in [1.807, 2.05) is 0 Å². The van der Waals surface area contributed by atoms with Crippen LogP contribution < -0.4 is 0 Å². The van der Waals surface area contributed by atoms with Crippen molar-refractivity contribution >= 4 is 0 Å². The first kappa shape index (κ1) is 15.3. The van der Waals surface area contributed by atoms with Gasteiger partial charge < -0.3 is 9.15 Å². The molecular formula is C18H24N2O2. The largest absolute Gasteiger partial charge is 0.444 e. The van der Waals surface area contributed by atoms with Gasteiger partial charge in [-0.1, -0.05) is 17.7 Å². The molecule has 118 valence electrons. The monoisotopic (exact) mass is 300 g/mol. The van der Waals surface area contributed by atoms with Crippen LogP contribution in [0.3, 0.4) is 0 Å². The zero-order valence-electron chi connectivity index (χ0n) is 13.8. The summed E-state index contributed by atoms with van der Waals surface area (Å²) in [7, 11) is 0. The first-order valence-electron chi connectivity index (χ1n) is 7.91. The summed E-state index contributed by atoms with van der Waals surface area (Å²) in [6.07, 6.45) is 2.32. The first-order chi connectivity index (χ1) is 10.5. The number of hydrogen-bond donors (Lipinski definition) is 0. The number of nitrogens with zero attached hydrogens (tertiary/aromatic N) is 2. The molecule has 3 rings (SSSR count). The summed E-state index contributed by atoms with van der Waals surface area (Å²) in [6, 6.07) is 6.33. The van der Waals surface area contributed by atoms with Crippen molar-refractivity contribution in [3.8, 4) is 11.5 Å². The highest BCUT2D eigenvalue weighted by Crippen LogP contribution is 2.24. The molecule has 1 saturated heterocycles. The summed E-state index contributed by atoms with van der Waals surface area (Å²) in [5.41, 5.74) is 4.50. The maximum absolute atomic E-state index is 5.77. The highest BCUT2D eigenvalue weighted by atomic mass is 16.5. The number of aromatic nitrogens is 1. The van der Waals surface area contributed by atoms with Crippen LogP contribution in [0.25, 0.3) is 11.5 Å². The molecule has 22 heavy (non-hydrogen) atoms. The Kier molecular flexibility index (Phi) is 4.32. The minimum atomic E-state index is 0.273. The third kappa shape index (κ3) is 3.39. The molecular weight excluding hydrogens is 276 g/mol. The SMILES string of the molecule is Cc1ccc(-c2nc(CN3C[C@@H](C)O[C@@H](C)C3)co2)c(C)c1. The van der Waals surface area contributed by atoms with E-state index >= 15 is 0 Å². The fourth-order valence-corrected chi connectivity index (χ4v) is 3.20. The minimum Gasteiger partial charge on any atom is -0.444 e. The summed E-state index contributed by atoms with van der Waals surface area (Å²) >= 11 is 0. The van der Waals surface area contributed by atoms with Crippen LogP contribution in [-0.2, 0) is 11.3 Å². The van der Waals surface area contributed by atoms with E-state index in [1.54, 1.807) is 6.26 Å². The third-order valence-corrected chi connectivity index (χ3v) is 4.04. The van der Waals surface area contributed by atoms with Crippen molar-refractivity contribution in [1.82, 2.24) is 9.88 Å². The maximum Gasteiger partial charge on any atom is 0.226 e. The molecule has 2 atom stereocenters. The van der Waals surface area contributed by atoms with Crippen LogP contribution >= 0.6 is 0 Å². The molecule has 0 saturated carbocycles. The molecule has 1 aromatic carbocycles. The number of morpholine rings is 1. The van der Waals surface area contributed by atoms with E-state index in [0.717, 1.165) is 30.9 Å². The second kappa shape index (κ2) is 6.23. The number of benzene rings is 1. The van der Waals surface area contributed by atoms with Crippen molar-refractivity contribution in [2.24, 2.45) is 0 Å². The van der Waals surface area contributed by atoms with E-state index in [-0.39, 0.29) is 12.2 Å². The molecule has 0 bridgehead atoms. The molecule has 0 amide bonds. The molecule has 4 nitrogen and oxygen atoms in total. The minimum absolute atomic E-state index is 0.273. The van der Waals surface area contributed by atoms with Crippen LogP contribution in [0.5, 0.6) is 0 Å². The van der Waals surface area contributed by atoms with Gasteiger partial charge in [-0.2, -0.15) is 0 Å². The van der Waals surface area contributed by atoms with Gasteiger partial charge in [0.1, 0.15) is 6.26 Å². The van der Waals surface area contributed by atoms with E-state index in [1.165, 1.54) is 11.1 Å². The van der Waals surface area contributed by atoms with Crippen molar-refractivity contribution in [1.29, 1.82) is 0 Å². The van der Waals surface area contributed by atoms with Crippen LogP contribution in [0, 0.1) is 13.8 Å². The summed E-state index contributed by atoms with van der Waals surface area (Å²) in [4.78, 5) is 7.04. The van der Waals surface area contributed by atoms with Crippen LogP contribution in [0.4, 0.5) is 0 Å². The lowest BCUT2D eigenvalue weighted by atomic mass is 10.1. The highest BCUT2D eigenvalue weighted by molar-refractivity contribution is 5.59. The fourth-order valence-electron chi connectivity index (χ4n) is 3.20. The van der Waals surface area contributed by atoms with Gasteiger partial charge in [0, 0.05) is 25.2 Å². The molecule has 0 radical (unpaired) electrons. The number of oxazole rings is 1. The van der Waals surface area contributed by atoms with Crippen molar-refractivity contribution in [2.45, 2.75) is 46.4 Å². The van der Waals surface area contributed by atoms with E-state index < -0.39 is 0 Å². The normalized spacial score (nSPS) is 22.9. The Balaban J connectivity index is 1.73. The summed E-state index contributed by atoms with van der Waals surface area (Å²) in [5, 5.41) is 0. The smallest absolute Gasteiger partial charge is 0.226 e. The number of rotatable bonds is 3. The number of ether oxygens (including phenoxy) is 1. The lowest BCUT2D eigenvalue weighted by Crippen LogP contribution is -2.44. The van der Waals surface area contributed by atoms with Gasteiger partial charge in [0.2, 0.25) is 5.89 Å². The summed E-state index contributed by atoms with van der Waals surface area (Å²) in [5.74, 6) is 0.710. The molecule has 1 fully saturated rings. The summed E-state index contributed by atoms with van der Waals surface area (Å²) in [6.45, 7) is 11.1. The second-order valence-corrected chi connectivity index (χ2v) is 6.41. The average molecular weight is 300 g/mol. The quantitative estimate of drug-likeness (QED) is 0.868. The molecule has 0 spiro atoms. The lowest BCUT2D eigenvalue weighted by Gasteiger charge is -2.34. The number of hydrogen-bond acceptors (Lipinski definition) is 4. The van der Waals surface area contributed by atoms with Gasteiger partial charge in [-0.3, -0.25) is 4.90 Å². The van der Waals surface area contributed by atoms with Crippen LogP contribution in [-0.4, -0.2) is 35.2 Å². The highest BCUT2D eigenvalue weighted by Gasteiger charge is 2.23. The molecule has 2 heterocycles. The Bertz CT molecular complexity index is 640. The van der Waals surface area contributed by atoms with Crippen LogP contribution in [0.1, 0.15) is 30.7 Å². The van der Waals surface area contributed by atoms with Crippen LogP contribution in [0.2, 0.25) is 0 Å². The topological polar surface area (TPSA) is 38.5 Å². The van der Waals surface area contributed by atoms with E-state index in [9.17, 15) is 0 Å². The van der Waals surface area contributed by atoms with Gasteiger partial charge in [-0.15, -0.1) is 0 Å². The Labute approximate surface area is 132 Å². The predicted molar refractivity (Wildman–Crippen MR) is 86.7 cm³/mol. The second-order valence-electron chi connectivity index (χ2n) is 6.41. The van der Waals surface area contributed by atoms with Crippen molar-refractivity contribution in [2.75, 3.05) is 13.1 Å². The Morgan fingerprint density at radius 3 is 2.59 bits per heavy atom. The standard InChI is InChI=1S/C18H24N2O2/c1-12-5-6-17(13(2)7-12)18-19-16(11-21-18)10-20-8-14(3)22-15(4)9-20/h5-7,11,14-15H,8-10H2,1-4H3/t14-,15+. The van der Waals surface area contributed by atoms with Gasteiger partial charge >= 0.3 is 0 Å². The van der Waals surface area contributed by atoms with Crippen molar-refractivity contribution in [3.05, 3.63) is 41.3 Å². The van der Waals surface area contributed by atoms with Gasteiger partial charge in [0.15, 0.2) is 0 Å². The molecule has 0 aliphatic carbocycles. The Morgan fingerprint density at radius 1 is 1.18 bits per heavy atom.